The Bertz CT molecular complexity index is 1480. The van der Waals surface area contributed by atoms with E-state index >= 15 is 0 Å². The molecule has 0 spiro atoms. The SMILES string of the molecule is CS(=O)(=O)N(CC(=O)N(Cc1ccccc1F)C(Cc1ccccc1)C(=O)NC1CCCC1)c1cccc(Cl)c1Cl. The highest BCUT2D eigenvalue weighted by Gasteiger charge is 2.35. The number of carbonyl (C=O) groups excluding carboxylic acids is 2. The molecule has 1 saturated carbocycles. The molecule has 0 bridgehead atoms. The summed E-state index contributed by atoms with van der Waals surface area (Å²) < 4.78 is 41.5. The first-order valence-electron chi connectivity index (χ1n) is 13.3. The summed E-state index contributed by atoms with van der Waals surface area (Å²) in [6.07, 6.45) is 4.76. The summed E-state index contributed by atoms with van der Waals surface area (Å²) >= 11 is 12.5. The van der Waals surface area contributed by atoms with Gasteiger partial charge in [0.1, 0.15) is 18.4 Å². The van der Waals surface area contributed by atoms with Crippen LogP contribution in [0.15, 0.2) is 72.8 Å². The smallest absolute Gasteiger partial charge is 0.244 e. The van der Waals surface area contributed by atoms with Crippen molar-refractivity contribution in [1.29, 1.82) is 0 Å². The lowest BCUT2D eigenvalue weighted by Crippen LogP contribution is -2.54. The van der Waals surface area contributed by atoms with Crippen molar-refractivity contribution < 1.29 is 22.4 Å². The van der Waals surface area contributed by atoms with Gasteiger partial charge in [-0.05, 0) is 36.6 Å². The largest absolute Gasteiger partial charge is 0.352 e. The fraction of sp³-hybridized carbons (Fsp3) is 0.333. The number of hydrogen-bond acceptors (Lipinski definition) is 4. The normalized spacial score (nSPS) is 14.4. The molecular formula is C30H32Cl2FN3O4S. The number of rotatable bonds is 11. The van der Waals surface area contributed by atoms with Crippen molar-refractivity contribution in [3.63, 3.8) is 0 Å². The van der Waals surface area contributed by atoms with Crippen LogP contribution in [0.1, 0.15) is 36.8 Å². The highest BCUT2D eigenvalue weighted by Crippen LogP contribution is 2.34. The van der Waals surface area contributed by atoms with Crippen molar-refractivity contribution >= 4 is 50.7 Å². The van der Waals surface area contributed by atoms with Crippen molar-refractivity contribution in [1.82, 2.24) is 10.2 Å². The number of nitrogens with zero attached hydrogens (tertiary/aromatic N) is 2. The summed E-state index contributed by atoms with van der Waals surface area (Å²) in [5, 5.41) is 3.15. The highest BCUT2D eigenvalue weighted by atomic mass is 35.5. The first-order valence-corrected chi connectivity index (χ1v) is 15.9. The number of benzene rings is 3. The summed E-state index contributed by atoms with van der Waals surface area (Å²) in [4.78, 5) is 29.2. The average molecular weight is 621 g/mol. The predicted octanol–water partition coefficient (Wildman–Crippen LogP) is 5.60. The van der Waals surface area contributed by atoms with Crippen LogP contribution >= 0.6 is 23.2 Å². The second kappa shape index (κ2) is 13.7. The van der Waals surface area contributed by atoms with E-state index < -0.39 is 34.3 Å². The van der Waals surface area contributed by atoms with Crippen molar-refractivity contribution in [3.8, 4) is 0 Å². The van der Waals surface area contributed by atoms with E-state index in [4.69, 9.17) is 23.2 Å². The number of carbonyl (C=O) groups is 2. The number of amides is 2. The van der Waals surface area contributed by atoms with Crippen LogP contribution in [-0.4, -0.2) is 50.0 Å². The molecule has 1 N–H and O–H groups in total. The van der Waals surface area contributed by atoms with Gasteiger partial charge in [0.25, 0.3) is 0 Å². The van der Waals surface area contributed by atoms with Gasteiger partial charge in [-0.15, -0.1) is 0 Å². The fourth-order valence-electron chi connectivity index (χ4n) is 5.01. The number of halogens is 3. The molecule has 41 heavy (non-hydrogen) atoms. The van der Waals surface area contributed by atoms with Crippen LogP contribution in [0.4, 0.5) is 10.1 Å². The highest BCUT2D eigenvalue weighted by molar-refractivity contribution is 7.92. The summed E-state index contributed by atoms with van der Waals surface area (Å²) in [7, 11) is -4.02. The Morgan fingerprint density at radius 1 is 0.976 bits per heavy atom. The molecule has 0 saturated heterocycles. The van der Waals surface area contributed by atoms with Crippen LogP contribution in [0.3, 0.4) is 0 Å². The van der Waals surface area contributed by atoms with Gasteiger partial charge in [-0.2, -0.15) is 0 Å². The zero-order chi connectivity index (χ0) is 29.6. The van der Waals surface area contributed by atoms with E-state index in [0.717, 1.165) is 41.8 Å². The molecule has 11 heteroatoms. The minimum Gasteiger partial charge on any atom is -0.352 e. The van der Waals surface area contributed by atoms with Crippen LogP contribution in [0.25, 0.3) is 0 Å². The average Bonchev–Trinajstić information content (AvgIpc) is 3.45. The monoisotopic (exact) mass is 619 g/mol. The van der Waals surface area contributed by atoms with Gasteiger partial charge in [-0.1, -0.05) is 90.6 Å². The zero-order valence-corrected chi connectivity index (χ0v) is 24.9. The molecule has 3 aromatic rings. The molecule has 1 aliphatic rings. The Hall–Kier alpha value is -3.14. The first-order chi connectivity index (χ1) is 19.5. The second-order valence-corrected chi connectivity index (χ2v) is 12.8. The zero-order valence-electron chi connectivity index (χ0n) is 22.6. The maximum Gasteiger partial charge on any atom is 0.244 e. The molecule has 0 radical (unpaired) electrons. The lowest BCUT2D eigenvalue weighted by atomic mass is 10.0. The molecule has 1 aliphatic carbocycles. The van der Waals surface area contributed by atoms with Crippen LogP contribution in [0, 0.1) is 5.82 Å². The quantitative estimate of drug-likeness (QED) is 0.303. The molecule has 2 amide bonds. The van der Waals surface area contributed by atoms with Crippen molar-refractivity contribution in [3.05, 3.63) is 99.8 Å². The second-order valence-electron chi connectivity index (χ2n) is 10.2. The number of nitrogens with one attached hydrogen (secondary N) is 1. The lowest BCUT2D eigenvalue weighted by Gasteiger charge is -2.34. The molecule has 3 aromatic carbocycles. The Morgan fingerprint density at radius 3 is 2.29 bits per heavy atom. The number of anilines is 1. The molecule has 0 aromatic heterocycles. The van der Waals surface area contributed by atoms with Crippen LogP contribution in [0.2, 0.25) is 10.0 Å². The molecular weight excluding hydrogens is 588 g/mol. The molecule has 1 unspecified atom stereocenters. The van der Waals surface area contributed by atoms with E-state index in [1.165, 1.54) is 41.3 Å². The Balaban J connectivity index is 1.75. The molecule has 218 valence electrons. The van der Waals surface area contributed by atoms with Gasteiger partial charge < -0.3 is 10.2 Å². The summed E-state index contributed by atoms with van der Waals surface area (Å²) in [6.45, 7) is -0.919. The Morgan fingerprint density at radius 2 is 1.63 bits per heavy atom. The maximum atomic E-state index is 14.9. The van der Waals surface area contributed by atoms with E-state index in [-0.39, 0.29) is 46.2 Å². The first kappa shape index (κ1) is 30.8. The molecule has 7 nitrogen and oxygen atoms in total. The Labute approximate surface area is 250 Å². The van der Waals surface area contributed by atoms with Gasteiger partial charge in [0, 0.05) is 24.6 Å². The van der Waals surface area contributed by atoms with Crippen LogP contribution in [0.5, 0.6) is 0 Å². The van der Waals surface area contributed by atoms with Crippen molar-refractivity contribution in [2.24, 2.45) is 0 Å². The van der Waals surface area contributed by atoms with Crippen LogP contribution < -0.4 is 9.62 Å². The lowest BCUT2D eigenvalue weighted by molar-refractivity contribution is -0.140. The molecule has 4 rings (SSSR count). The molecule has 1 atom stereocenters. The summed E-state index contributed by atoms with van der Waals surface area (Å²) in [6, 6.07) is 18.6. The van der Waals surface area contributed by atoms with Crippen molar-refractivity contribution in [2.45, 2.75) is 50.7 Å². The molecule has 1 fully saturated rings. The van der Waals surface area contributed by atoms with Gasteiger partial charge in [0.05, 0.1) is 22.0 Å². The van der Waals surface area contributed by atoms with E-state index in [2.05, 4.69) is 5.32 Å². The Kier molecular flexibility index (Phi) is 10.3. The van der Waals surface area contributed by atoms with Gasteiger partial charge in [-0.3, -0.25) is 13.9 Å². The number of hydrogen-bond donors (Lipinski definition) is 1. The van der Waals surface area contributed by atoms with Crippen molar-refractivity contribution in [2.75, 3.05) is 17.1 Å². The summed E-state index contributed by atoms with van der Waals surface area (Å²) in [5.41, 5.74) is 1.01. The molecule has 0 heterocycles. The van der Waals surface area contributed by atoms with E-state index in [1.807, 2.05) is 30.3 Å². The van der Waals surface area contributed by atoms with Gasteiger partial charge >= 0.3 is 0 Å². The van der Waals surface area contributed by atoms with E-state index in [1.54, 1.807) is 6.07 Å². The third kappa shape index (κ3) is 7.99. The fourth-order valence-corrected chi connectivity index (χ4v) is 6.31. The predicted molar refractivity (Wildman–Crippen MR) is 160 cm³/mol. The van der Waals surface area contributed by atoms with Gasteiger partial charge in [0.15, 0.2) is 0 Å². The molecule has 0 aliphatic heterocycles. The minimum atomic E-state index is -4.02. The van der Waals surface area contributed by atoms with E-state index in [0.29, 0.717) is 0 Å². The third-order valence-corrected chi connectivity index (χ3v) is 9.09. The number of sulfonamides is 1. The third-order valence-electron chi connectivity index (χ3n) is 7.15. The topological polar surface area (TPSA) is 86.8 Å². The standard InChI is InChI=1S/C30H32Cl2FN3O4S/c1-41(39,40)36(26-17-9-15-24(31)29(26)32)20-28(37)35(19-22-12-5-8-16-25(22)33)27(18-21-10-3-2-4-11-21)30(38)34-23-13-6-7-14-23/h2-5,8-12,15-17,23,27H,6-7,13-14,18-20H2,1H3,(H,34,38). The summed E-state index contributed by atoms with van der Waals surface area (Å²) in [5.74, 6) is -1.62. The minimum absolute atomic E-state index is 0.0240. The van der Waals surface area contributed by atoms with Gasteiger partial charge in [-0.25, -0.2) is 12.8 Å². The van der Waals surface area contributed by atoms with Gasteiger partial charge in [0.2, 0.25) is 21.8 Å². The van der Waals surface area contributed by atoms with E-state index in [9.17, 15) is 22.4 Å². The maximum absolute atomic E-state index is 14.9. The van der Waals surface area contributed by atoms with Crippen LogP contribution in [-0.2, 0) is 32.6 Å².